The summed E-state index contributed by atoms with van der Waals surface area (Å²) in [5, 5.41) is 3.37. The van der Waals surface area contributed by atoms with Gasteiger partial charge in [0.2, 0.25) is 5.95 Å². The second-order valence-corrected chi connectivity index (χ2v) is 8.41. The second kappa shape index (κ2) is 9.07. The number of aromatic nitrogens is 4. The minimum absolute atomic E-state index is 0.119. The zero-order chi connectivity index (χ0) is 22.8. The van der Waals surface area contributed by atoms with Gasteiger partial charge >= 0.3 is 5.69 Å². The monoisotopic (exact) mass is 445 g/mol. The number of nitrogens with one attached hydrogen (secondary N) is 1. The Morgan fingerprint density at radius 3 is 2.21 bits per heavy atom. The summed E-state index contributed by atoms with van der Waals surface area (Å²) in [4.78, 5) is 31.4. The fourth-order valence-electron chi connectivity index (χ4n) is 4.34. The van der Waals surface area contributed by atoms with E-state index in [1.54, 1.807) is 7.05 Å². The van der Waals surface area contributed by atoms with Gasteiger partial charge in [-0.3, -0.25) is 18.5 Å². The normalized spacial score (nSPS) is 15.8. The lowest BCUT2D eigenvalue weighted by Gasteiger charge is -2.14. The van der Waals surface area contributed by atoms with Gasteiger partial charge in [-0.1, -0.05) is 60.7 Å². The Balaban J connectivity index is 1.63. The number of hydrogen-bond acceptors (Lipinski definition) is 5. The number of imidazole rings is 1. The molecule has 2 aromatic heterocycles. The van der Waals surface area contributed by atoms with E-state index in [0.717, 1.165) is 30.6 Å². The van der Waals surface area contributed by atoms with Gasteiger partial charge in [0.05, 0.1) is 19.2 Å². The highest BCUT2D eigenvalue weighted by molar-refractivity contribution is 5.74. The molecule has 4 aromatic rings. The molecule has 3 heterocycles. The maximum absolute atomic E-state index is 13.6. The molecule has 0 spiro atoms. The van der Waals surface area contributed by atoms with E-state index in [0.29, 0.717) is 30.2 Å². The molecule has 0 saturated carbocycles. The summed E-state index contributed by atoms with van der Waals surface area (Å²) in [6.45, 7) is 2.04. The van der Waals surface area contributed by atoms with E-state index in [9.17, 15) is 9.59 Å². The summed E-state index contributed by atoms with van der Waals surface area (Å²) in [5.74, 6) is 0.564. The van der Waals surface area contributed by atoms with Gasteiger partial charge in [-0.2, -0.15) is 4.98 Å². The molecule has 1 atom stereocenters. The SMILES string of the molecule is Cn1c(=O)n(Cc2ccccc2)c(=O)c2c1nc(NC[C@@H]1CCCO1)n2Cc1ccccc1. The van der Waals surface area contributed by atoms with Crippen molar-refractivity contribution in [2.24, 2.45) is 7.05 Å². The third-order valence-electron chi connectivity index (χ3n) is 6.11. The van der Waals surface area contributed by atoms with E-state index >= 15 is 0 Å². The Labute approximate surface area is 191 Å². The lowest BCUT2D eigenvalue weighted by molar-refractivity contribution is 0.120. The zero-order valence-electron chi connectivity index (χ0n) is 18.6. The molecule has 0 amide bonds. The molecule has 1 saturated heterocycles. The number of hydrogen-bond donors (Lipinski definition) is 1. The van der Waals surface area contributed by atoms with Crippen LogP contribution in [0.1, 0.15) is 24.0 Å². The fourth-order valence-corrected chi connectivity index (χ4v) is 4.34. The van der Waals surface area contributed by atoms with Gasteiger partial charge in [0.1, 0.15) is 0 Å². The summed E-state index contributed by atoms with van der Waals surface area (Å²) in [6.07, 6.45) is 2.16. The van der Waals surface area contributed by atoms with E-state index in [1.807, 2.05) is 65.2 Å². The number of rotatable bonds is 7. The average Bonchev–Trinajstić information content (AvgIpc) is 3.49. The first kappa shape index (κ1) is 21.2. The largest absolute Gasteiger partial charge is 0.376 e. The van der Waals surface area contributed by atoms with Crippen LogP contribution < -0.4 is 16.6 Å². The van der Waals surface area contributed by atoms with Crippen LogP contribution in [0.15, 0.2) is 70.3 Å². The van der Waals surface area contributed by atoms with E-state index in [4.69, 9.17) is 4.74 Å². The standard InChI is InChI=1S/C25H27N5O3/c1-28-22-21(23(31)30(25(28)32)17-19-11-6-3-7-12-19)29(16-18-9-4-2-5-10-18)24(27-22)26-15-20-13-8-14-33-20/h2-7,9-12,20H,8,13-17H2,1H3,(H,26,27)/t20-/m0/s1. The van der Waals surface area contributed by atoms with Crippen molar-refractivity contribution in [3.63, 3.8) is 0 Å². The molecule has 1 fully saturated rings. The molecule has 33 heavy (non-hydrogen) atoms. The van der Waals surface area contributed by atoms with Crippen molar-refractivity contribution in [1.82, 2.24) is 18.7 Å². The van der Waals surface area contributed by atoms with Crippen molar-refractivity contribution in [1.29, 1.82) is 0 Å². The molecule has 1 N–H and O–H groups in total. The molecule has 0 aliphatic carbocycles. The van der Waals surface area contributed by atoms with Gasteiger partial charge < -0.3 is 10.1 Å². The topological polar surface area (TPSA) is 83.1 Å². The van der Waals surface area contributed by atoms with Crippen LogP contribution in [0.2, 0.25) is 0 Å². The number of nitrogens with zero attached hydrogens (tertiary/aromatic N) is 4. The molecule has 0 unspecified atom stereocenters. The zero-order valence-corrected chi connectivity index (χ0v) is 18.6. The number of anilines is 1. The first-order valence-electron chi connectivity index (χ1n) is 11.2. The molecular formula is C25H27N5O3. The Morgan fingerprint density at radius 2 is 1.61 bits per heavy atom. The Hall–Kier alpha value is -3.65. The number of benzene rings is 2. The lowest BCUT2D eigenvalue weighted by atomic mass is 10.2. The number of fused-ring (bicyclic) bond motifs is 1. The highest BCUT2D eigenvalue weighted by Gasteiger charge is 2.22. The Morgan fingerprint density at radius 1 is 0.970 bits per heavy atom. The molecular weight excluding hydrogens is 418 g/mol. The molecule has 0 bridgehead atoms. The average molecular weight is 446 g/mol. The van der Waals surface area contributed by atoms with Gasteiger partial charge in [-0.25, -0.2) is 4.79 Å². The van der Waals surface area contributed by atoms with E-state index < -0.39 is 0 Å². The third kappa shape index (κ3) is 4.21. The van der Waals surface area contributed by atoms with Crippen LogP contribution in [-0.4, -0.2) is 37.9 Å². The molecule has 1 aliphatic heterocycles. The Kier molecular flexibility index (Phi) is 5.83. The second-order valence-electron chi connectivity index (χ2n) is 8.41. The molecule has 8 heteroatoms. The van der Waals surface area contributed by atoms with E-state index in [1.165, 1.54) is 9.13 Å². The minimum Gasteiger partial charge on any atom is -0.376 e. The van der Waals surface area contributed by atoms with Crippen molar-refractivity contribution in [3.05, 3.63) is 92.6 Å². The van der Waals surface area contributed by atoms with Crippen molar-refractivity contribution in [2.45, 2.75) is 32.0 Å². The summed E-state index contributed by atoms with van der Waals surface area (Å²) < 4.78 is 10.4. The van der Waals surface area contributed by atoms with Crippen LogP contribution >= 0.6 is 0 Å². The van der Waals surface area contributed by atoms with Crippen LogP contribution in [0.5, 0.6) is 0 Å². The smallest absolute Gasteiger partial charge is 0.332 e. The summed E-state index contributed by atoms with van der Waals surface area (Å²) in [5.41, 5.74) is 1.99. The maximum atomic E-state index is 13.6. The molecule has 2 aromatic carbocycles. The number of ether oxygens (including phenoxy) is 1. The van der Waals surface area contributed by atoms with E-state index in [-0.39, 0.29) is 23.9 Å². The fraction of sp³-hybridized carbons (Fsp3) is 0.320. The van der Waals surface area contributed by atoms with E-state index in [2.05, 4.69) is 10.3 Å². The highest BCUT2D eigenvalue weighted by atomic mass is 16.5. The predicted octanol–water partition coefficient (Wildman–Crippen LogP) is 2.58. The highest BCUT2D eigenvalue weighted by Crippen LogP contribution is 2.20. The van der Waals surface area contributed by atoms with Crippen molar-refractivity contribution in [2.75, 3.05) is 18.5 Å². The summed E-state index contributed by atoms with van der Waals surface area (Å²) in [6, 6.07) is 19.5. The summed E-state index contributed by atoms with van der Waals surface area (Å²) in [7, 11) is 1.66. The van der Waals surface area contributed by atoms with Crippen molar-refractivity contribution < 1.29 is 4.74 Å². The van der Waals surface area contributed by atoms with Crippen LogP contribution in [0.4, 0.5) is 5.95 Å². The first-order chi connectivity index (χ1) is 16.1. The maximum Gasteiger partial charge on any atom is 0.332 e. The van der Waals surface area contributed by atoms with Gasteiger partial charge in [-0.15, -0.1) is 0 Å². The molecule has 1 aliphatic rings. The van der Waals surface area contributed by atoms with Gasteiger partial charge in [0.15, 0.2) is 11.2 Å². The van der Waals surface area contributed by atoms with Crippen LogP contribution in [-0.2, 0) is 24.9 Å². The Bertz CT molecular complexity index is 1370. The molecule has 8 nitrogen and oxygen atoms in total. The summed E-state index contributed by atoms with van der Waals surface area (Å²) >= 11 is 0. The lowest BCUT2D eigenvalue weighted by Crippen LogP contribution is -2.40. The third-order valence-corrected chi connectivity index (χ3v) is 6.11. The van der Waals surface area contributed by atoms with Crippen molar-refractivity contribution in [3.8, 4) is 0 Å². The van der Waals surface area contributed by atoms with Gasteiger partial charge in [-0.05, 0) is 24.0 Å². The van der Waals surface area contributed by atoms with Crippen LogP contribution in [0.25, 0.3) is 11.2 Å². The van der Waals surface area contributed by atoms with Gasteiger partial charge in [0, 0.05) is 20.2 Å². The van der Waals surface area contributed by atoms with Crippen molar-refractivity contribution >= 4 is 17.1 Å². The molecule has 5 rings (SSSR count). The first-order valence-corrected chi connectivity index (χ1v) is 11.2. The quantitative estimate of drug-likeness (QED) is 0.473. The van der Waals surface area contributed by atoms with Gasteiger partial charge in [0.25, 0.3) is 5.56 Å². The molecule has 0 radical (unpaired) electrons. The minimum atomic E-state index is -0.383. The number of aryl methyl sites for hydroxylation is 1. The predicted molar refractivity (Wildman–Crippen MR) is 128 cm³/mol. The molecule has 170 valence electrons. The van der Waals surface area contributed by atoms with Crippen LogP contribution in [0.3, 0.4) is 0 Å². The van der Waals surface area contributed by atoms with Crippen LogP contribution in [0, 0.1) is 0 Å².